The number of hydrogen-bond donors (Lipinski definition) is 6. The number of nitrogens with zero attached hydrogens (tertiary/aromatic N) is 1. The largest absolute Gasteiger partial charge is 0.480 e. The molecule has 0 aliphatic rings. The van der Waals surface area contributed by atoms with E-state index in [1.807, 2.05) is 66.9 Å². The summed E-state index contributed by atoms with van der Waals surface area (Å²) in [6.45, 7) is 6.69. The van der Waals surface area contributed by atoms with Crippen LogP contribution in [0.5, 0.6) is 0 Å². The Morgan fingerprint density at radius 1 is 0.676 bits per heavy atom. The van der Waals surface area contributed by atoms with Crippen molar-refractivity contribution >= 4 is 29.4 Å². The number of amides is 3. The Morgan fingerprint density at radius 3 is 1.86 bits per heavy atom. The van der Waals surface area contributed by atoms with E-state index in [4.69, 9.17) is 0 Å². The number of carboxylic acids is 1. The predicted molar refractivity (Wildman–Crippen MR) is 284 cm³/mol. The number of benzene rings is 3. The molecule has 0 saturated heterocycles. The summed E-state index contributed by atoms with van der Waals surface area (Å²) < 4.78 is 16.3. The predicted octanol–water partition coefficient (Wildman–Crippen LogP) is 12.0. The number of rotatable bonds is 32. The first-order valence-electron chi connectivity index (χ1n) is 25.2. The maximum atomic E-state index is 14.4. The number of nitrogens with one attached hydrogen (secondary N) is 3. The highest BCUT2D eigenvalue weighted by Crippen LogP contribution is 2.42. The van der Waals surface area contributed by atoms with Crippen LogP contribution in [0.1, 0.15) is 133 Å². The Kier molecular flexibility index (Phi) is 25.9. The summed E-state index contributed by atoms with van der Waals surface area (Å²) in [5, 5.41) is 40.5. The number of allylic oxidation sites excluding steroid dienone is 10. The molecule has 12 heteroatoms. The molecule has 6 N–H and O–H groups in total. The van der Waals surface area contributed by atoms with E-state index >= 15 is 0 Å². The van der Waals surface area contributed by atoms with Crippen LogP contribution < -0.4 is 16.0 Å². The maximum Gasteiger partial charge on any atom is 0.326 e. The summed E-state index contributed by atoms with van der Waals surface area (Å²) in [4.78, 5) is 51.7. The van der Waals surface area contributed by atoms with E-state index in [9.17, 15) is 38.9 Å². The molecule has 0 fully saturated rings. The van der Waals surface area contributed by atoms with Crippen molar-refractivity contribution in [2.75, 3.05) is 11.9 Å². The maximum absolute atomic E-state index is 14.4. The van der Waals surface area contributed by atoms with Gasteiger partial charge >= 0.3 is 5.97 Å². The fourth-order valence-electron chi connectivity index (χ4n) is 8.26. The van der Waals surface area contributed by atoms with E-state index in [1.54, 1.807) is 24.3 Å². The molecule has 3 aromatic carbocycles. The standard InChI is InChI=1S/C59H75FN4O7/c1-4-5-6-7-8-9-10-11-12-13-14-15-16-17-18-19-26-34-52(67)61-40-28-27-33-51(59(70)71)63-53(68)43-50(66)42-49(65)39-41-64-56(44(2)3)55(58(69)62-48-31-24-21-25-32-48)54(45-29-22-20-23-30-45)57(64)46-35-37-47(60)38-36-46/h5-6,8-9,11-12,14-15,17-18,20-25,29-32,35-38,44,49-51,65-66H,4,7,10,13,16,19,26-28,33-34,39-43H2,1-3H3,(H,61,67)(H,62,69)(H,63,68)(H,70,71). The Labute approximate surface area is 420 Å². The molecule has 1 aromatic heterocycles. The van der Waals surface area contributed by atoms with Gasteiger partial charge in [0.15, 0.2) is 0 Å². The molecule has 0 saturated carbocycles. The van der Waals surface area contributed by atoms with Crippen LogP contribution in [0.3, 0.4) is 0 Å². The quantitative estimate of drug-likeness (QED) is 0.0209. The number of halogens is 1. The molecule has 4 aromatic rings. The van der Waals surface area contributed by atoms with Gasteiger partial charge in [-0.05, 0) is 130 Å². The zero-order chi connectivity index (χ0) is 51.2. The van der Waals surface area contributed by atoms with Crippen molar-refractivity contribution in [3.05, 3.63) is 163 Å². The van der Waals surface area contributed by atoms with Crippen LogP contribution in [0.15, 0.2) is 146 Å². The van der Waals surface area contributed by atoms with E-state index in [1.165, 1.54) is 12.1 Å². The zero-order valence-electron chi connectivity index (χ0n) is 41.8. The SMILES string of the molecule is CCC=CCC=CCC=CCC=CCC=CCCCC(=O)NCCCCC(NC(=O)CC(O)CC(O)CCn1c(-c2ccc(F)cc2)c(-c2ccccc2)c(C(=O)Nc2ccccc2)c1C(C)C)C(=O)O. The number of aliphatic hydroxyl groups is 2. The second-order valence-corrected chi connectivity index (χ2v) is 17.9. The van der Waals surface area contributed by atoms with Crippen LogP contribution in [-0.4, -0.2) is 68.4 Å². The van der Waals surface area contributed by atoms with Crippen molar-refractivity contribution in [1.29, 1.82) is 0 Å². The Balaban J connectivity index is 1.23. The normalized spacial score (nSPS) is 13.2. The van der Waals surface area contributed by atoms with Crippen LogP contribution in [0, 0.1) is 5.82 Å². The third-order valence-electron chi connectivity index (χ3n) is 11.7. The number of carbonyl (C=O) groups excluding carboxylic acids is 3. The summed E-state index contributed by atoms with van der Waals surface area (Å²) in [6, 6.07) is 23.5. The number of hydrogen-bond acceptors (Lipinski definition) is 6. The van der Waals surface area contributed by atoms with Gasteiger partial charge in [0, 0.05) is 36.5 Å². The molecule has 0 aliphatic carbocycles. The third kappa shape index (κ3) is 20.7. The summed E-state index contributed by atoms with van der Waals surface area (Å²) in [6.07, 6.45) is 26.5. The van der Waals surface area contributed by atoms with E-state index < -0.39 is 42.4 Å². The Morgan fingerprint density at radius 2 is 1.27 bits per heavy atom. The second-order valence-electron chi connectivity index (χ2n) is 17.9. The lowest BCUT2D eigenvalue weighted by molar-refractivity contribution is -0.142. The van der Waals surface area contributed by atoms with Gasteiger partial charge in [-0.3, -0.25) is 14.4 Å². The average Bonchev–Trinajstić information content (AvgIpc) is 3.70. The number of carboxylic acid groups (broad SMARTS) is 1. The third-order valence-corrected chi connectivity index (χ3v) is 11.7. The van der Waals surface area contributed by atoms with Crippen LogP contribution in [0.25, 0.3) is 22.4 Å². The molecule has 0 aliphatic heterocycles. The van der Waals surface area contributed by atoms with Crippen LogP contribution in [0.2, 0.25) is 0 Å². The number of para-hydroxylation sites is 1. The molecule has 380 valence electrons. The monoisotopic (exact) mass is 971 g/mol. The summed E-state index contributed by atoms with van der Waals surface area (Å²) >= 11 is 0. The van der Waals surface area contributed by atoms with Crippen molar-refractivity contribution < 1.29 is 38.9 Å². The van der Waals surface area contributed by atoms with Gasteiger partial charge in [0.2, 0.25) is 11.8 Å². The lowest BCUT2D eigenvalue weighted by Crippen LogP contribution is -2.42. The molecular formula is C59H75FN4O7. The van der Waals surface area contributed by atoms with Gasteiger partial charge in [-0.15, -0.1) is 0 Å². The summed E-state index contributed by atoms with van der Waals surface area (Å²) in [5.41, 5.74) is 4.53. The van der Waals surface area contributed by atoms with Crippen molar-refractivity contribution in [3.63, 3.8) is 0 Å². The van der Waals surface area contributed by atoms with Gasteiger partial charge in [0.1, 0.15) is 11.9 Å². The van der Waals surface area contributed by atoms with Crippen LogP contribution >= 0.6 is 0 Å². The number of unbranched alkanes of at least 4 members (excludes halogenated alkanes) is 2. The van der Waals surface area contributed by atoms with E-state index in [0.29, 0.717) is 59.6 Å². The minimum absolute atomic E-state index is 0.0634. The van der Waals surface area contributed by atoms with Crippen molar-refractivity contribution in [1.82, 2.24) is 15.2 Å². The molecule has 11 nitrogen and oxygen atoms in total. The smallest absolute Gasteiger partial charge is 0.326 e. The lowest BCUT2D eigenvalue weighted by Gasteiger charge is -2.21. The second kappa shape index (κ2) is 32.3. The fraction of sp³-hybridized carbons (Fsp3) is 0.390. The Bertz CT molecular complexity index is 2390. The number of aliphatic hydroxyl groups excluding tert-OH is 2. The molecular weight excluding hydrogens is 896 g/mol. The zero-order valence-corrected chi connectivity index (χ0v) is 41.8. The average molecular weight is 971 g/mol. The first kappa shape index (κ1) is 57.0. The van der Waals surface area contributed by atoms with E-state index in [0.717, 1.165) is 50.5 Å². The topological polar surface area (TPSA) is 170 Å². The van der Waals surface area contributed by atoms with Gasteiger partial charge in [0.05, 0.1) is 29.9 Å². The highest BCUT2D eigenvalue weighted by atomic mass is 19.1. The first-order chi connectivity index (χ1) is 34.4. The van der Waals surface area contributed by atoms with Gasteiger partial charge in [-0.1, -0.05) is 130 Å². The molecule has 3 unspecified atom stereocenters. The van der Waals surface area contributed by atoms with Gasteiger partial charge < -0.3 is 35.8 Å². The van der Waals surface area contributed by atoms with Gasteiger partial charge in [-0.25, -0.2) is 9.18 Å². The Hall–Kier alpha value is -6.63. The van der Waals surface area contributed by atoms with E-state index in [-0.39, 0.29) is 43.5 Å². The minimum Gasteiger partial charge on any atom is -0.480 e. The van der Waals surface area contributed by atoms with Crippen LogP contribution in [0.4, 0.5) is 10.1 Å². The van der Waals surface area contributed by atoms with Crippen molar-refractivity contribution in [3.8, 4) is 22.4 Å². The number of anilines is 1. The van der Waals surface area contributed by atoms with E-state index in [2.05, 4.69) is 83.6 Å². The molecule has 0 radical (unpaired) electrons. The first-order valence-corrected chi connectivity index (χ1v) is 25.2. The van der Waals surface area contributed by atoms with Gasteiger partial charge in [0.25, 0.3) is 5.91 Å². The molecule has 71 heavy (non-hydrogen) atoms. The highest BCUT2D eigenvalue weighted by Gasteiger charge is 2.31. The molecule has 4 rings (SSSR count). The number of aliphatic carboxylic acids is 1. The van der Waals surface area contributed by atoms with Crippen molar-refractivity contribution in [2.24, 2.45) is 0 Å². The summed E-state index contributed by atoms with van der Waals surface area (Å²) in [7, 11) is 0. The number of aromatic nitrogens is 1. The molecule has 3 atom stereocenters. The molecule has 3 amide bonds. The fourth-order valence-corrected chi connectivity index (χ4v) is 8.26. The van der Waals surface area contributed by atoms with Crippen LogP contribution in [-0.2, 0) is 20.9 Å². The lowest BCUT2D eigenvalue weighted by atomic mass is 9.94. The number of carbonyl (C=O) groups is 4. The van der Waals surface area contributed by atoms with Gasteiger partial charge in [-0.2, -0.15) is 0 Å². The minimum atomic E-state index is -1.27. The summed E-state index contributed by atoms with van der Waals surface area (Å²) in [5.74, 6) is -2.84. The molecule has 1 heterocycles. The highest BCUT2D eigenvalue weighted by molar-refractivity contribution is 6.12. The van der Waals surface area contributed by atoms with Crippen molar-refractivity contribution in [2.45, 2.75) is 141 Å². The molecule has 0 spiro atoms. The molecule has 0 bridgehead atoms.